The van der Waals surface area contributed by atoms with Gasteiger partial charge in [-0.05, 0) is 49.4 Å². The maximum atomic E-state index is 13.7. The normalized spacial score (nSPS) is 10.2. The van der Waals surface area contributed by atoms with Gasteiger partial charge < -0.3 is 15.4 Å². The molecule has 3 rings (SSSR count). The Balaban J connectivity index is 1.70. The topological polar surface area (TPSA) is 93.2 Å². The zero-order valence-corrected chi connectivity index (χ0v) is 15.0. The minimum absolute atomic E-state index is 0.0650. The van der Waals surface area contributed by atoms with Crippen molar-refractivity contribution in [2.24, 2.45) is 0 Å². The molecule has 7 nitrogen and oxygen atoms in total. The van der Waals surface area contributed by atoms with E-state index >= 15 is 0 Å². The molecule has 1 heterocycles. The smallest absolute Gasteiger partial charge is 0.338 e. The fourth-order valence-electron chi connectivity index (χ4n) is 2.33. The van der Waals surface area contributed by atoms with Crippen molar-refractivity contribution in [3.8, 4) is 0 Å². The summed E-state index contributed by atoms with van der Waals surface area (Å²) in [5.41, 5.74) is 1.19. The summed E-state index contributed by atoms with van der Waals surface area (Å²) < 4.78 is 18.6. The van der Waals surface area contributed by atoms with Crippen LogP contribution in [0.2, 0.25) is 0 Å². The van der Waals surface area contributed by atoms with Gasteiger partial charge in [0.15, 0.2) is 0 Å². The lowest BCUT2D eigenvalue weighted by atomic mass is 10.2. The molecule has 0 aliphatic carbocycles. The fourth-order valence-corrected chi connectivity index (χ4v) is 2.33. The van der Waals surface area contributed by atoms with Gasteiger partial charge in [-0.15, -0.1) is 0 Å². The molecule has 142 valence electrons. The van der Waals surface area contributed by atoms with Gasteiger partial charge in [-0.1, -0.05) is 12.1 Å². The molecule has 1 aromatic heterocycles. The van der Waals surface area contributed by atoms with E-state index in [1.165, 1.54) is 30.5 Å². The number of hydrogen-bond acceptors (Lipinski definition) is 6. The van der Waals surface area contributed by atoms with Gasteiger partial charge in [0.2, 0.25) is 5.95 Å². The number of nitrogens with one attached hydrogen (secondary N) is 2. The molecule has 28 heavy (non-hydrogen) atoms. The molecule has 0 bridgehead atoms. The van der Waals surface area contributed by atoms with Crippen molar-refractivity contribution in [3.63, 3.8) is 0 Å². The predicted octanol–water partition coefficient (Wildman–Crippen LogP) is 3.79. The van der Waals surface area contributed by atoms with Crippen LogP contribution in [0.1, 0.15) is 27.8 Å². The fraction of sp³-hybridized carbons (Fsp3) is 0.100. The summed E-state index contributed by atoms with van der Waals surface area (Å²) in [4.78, 5) is 32.2. The Morgan fingerprint density at radius 1 is 1.07 bits per heavy atom. The van der Waals surface area contributed by atoms with Crippen LogP contribution in [0.4, 0.5) is 21.7 Å². The van der Waals surface area contributed by atoms with Crippen molar-refractivity contribution >= 4 is 29.2 Å². The molecule has 2 N–H and O–H groups in total. The number of esters is 1. The zero-order chi connectivity index (χ0) is 19.9. The average molecular weight is 380 g/mol. The van der Waals surface area contributed by atoms with Crippen molar-refractivity contribution in [2.75, 3.05) is 17.2 Å². The molecule has 0 fully saturated rings. The minimum atomic E-state index is -0.562. The number of rotatable bonds is 6. The maximum absolute atomic E-state index is 13.7. The molecular weight excluding hydrogens is 363 g/mol. The second-order valence-electron chi connectivity index (χ2n) is 5.62. The van der Waals surface area contributed by atoms with E-state index in [9.17, 15) is 14.0 Å². The first-order chi connectivity index (χ1) is 13.6. The predicted molar refractivity (Wildman–Crippen MR) is 102 cm³/mol. The lowest BCUT2D eigenvalue weighted by Crippen LogP contribution is -2.15. The van der Waals surface area contributed by atoms with E-state index in [1.807, 2.05) is 0 Å². The van der Waals surface area contributed by atoms with E-state index < -0.39 is 17.7 Å². The monoisotopic (exact) mass is 380 g/mol. The van der Waals surface area contributed by atoms with Gasteiger partial charge >= 0.3 is 5.97 Å². The SMILES string of the molecule is CCOC(=O)c1ccc(Nc2nccc(C(=O)Nc3ccccc3F)n2)cc1. The lowest BCUT2D eigenvalue weighted by Gasteiger charge is -2.08. The highest BCUT2D eigenvalue weighted by Crippen LogP contribution is 2.16. The quantitative estimate of drug-likeness (QED) is 0.632. The molecule has 0 saturated heterocycles. The molecule has 0 radical (unpaired) electrons. The van der Waals surface area contributed by atoms with E-state index in [-0.39, 0.29) is 17.3 Å². The summed E-state index contributed by atoms with van der Waals surface area (Å²) in [5.74, 6) is -1.32. The Hall–Kier alpha value is -3.81. The molecule has 0 spiro atoms. The summed E-state index contributed by atoms with van der Waals surface area (Å²) in [6.07, 6.45) is 1.42. The number of ether oxygens (including phenoxy) is 1. The number of carbonyl (C=O) groups is 2. The van der Waals surface area contributed by atoms with Crippen molar-refractivity contribution in [2.45, 2.75) is 6.92 Å². The summed E-state index contributed by atoms with van der Waals surface area (Å²) >= 11 is 0. The molecule has 0 saturated carbocycles. The Morgan fingerprint density at radius 2 is 1.82 bits per heavy atom. The highest BCUT2D eigenvalue weighted by atomic mass is 19.1. The number of para-hydroxylation sites is 1. The van der Waals surface area contributed by atoms with Gasteiger partial charge in [-0.25, -0.2) is 19.2 Å². The molecule has 0 unspecified atom stereocenters. The first-order valence-electron chi connectivity index (χ1n) is 8.50. The number of amides is 1. The van der Waals surface area contributed by atoms with Gasteiger partial charge in [-0.2, -0.15) is 0 Å². The highest BCUT2D eigenvalue weighted by molar-refractivity contribution is 6.03. The number of carbonyl (C=O) groups excluding carboxylic acids is 2. The van der Waals surface area contributed by atoms with E-state index in [1.54, 1.807) is 37.3 Å². The number of anilines is 3. The Kier molecular flexibility index (Phi) is 5.91. The molecule has 0 aliphatic rings. The first-order valence-corrected chi connectivity index (χ1v) is 8.50. The van der Waals surface area contributed by atoms with Crippen molar-refractivity contribution in [3.05, 3.63) is 77.9 Å². The van der Waals surface area contributed by atoms with E-state index in [0.717, 1.165) is 0 Å². The lowest BCUT2D eigenvalue weighted by molar-refractivity contribution is 0.0526. The maximum Gasteiger partial charge on any atom is 0.338 e. The third kappa shape index (κ3) is 4.67. The van der Waals surface area contributed by atoms with Crippen LogP contribution in [0.5, 0.6) is 0 Å². The number of halogens is 1. The Bertz CT molecular complexity index is 993. The number of aromatic nitrogens is 2. The highest BCUT2D eigenvalue weighted by Gasteiger charge is 2.12. The standard InChI is InChI=1S/C20H17FN4O3/c1-2-28-19(27)13-7-9-14(10-8-13)23-20-22-12-11-17(25-20)18(26)24-16-6-4-3-5-15(16)21/h3-12H,2H2,1H3,(H,24,26)(H,22,23,25). The van der Waals surface area contributed by atoms with Gasteiger partial charge in [0.25, 0.3) is 5.91 Å². The van der Waals surface area contributed by atoms with Crippen LogP contribution in [0.3, 0.4) is 0 Å². The van der Waals surface area contributed by atoms with E-state index in [2.05, 4.69) is 20.6 Å². The third-order valence-electron chi connectivity index (χ3n) is 3.66. The molecule has 0 aliphatic heterocycles. The van der Waals surface area contributed by atoms with Gasteiger partial charge in [0, 0.05) is 11.9 Å². The number of hydrogen-bond donors (Lipinski definition) is 2. The molecule has 0 atom stereocenters. The van der Waals surface area contributed by atoms with E-state index in [0.29, 0.717) is 17.9 Å². The molecular formula is C20H17FN4O3. The summed E-state index contributed by atoms with van der Waals surface area (Å²) in [6, 6.07) is 13.8. The van der Waals surface area contributed by atoms with Crippen LogP contribution in [-0.2, 0) is 4.74 Å². The third-order valence-corrected chi connectivity index (χ3v) is 3.66. The van der Waals surface area contributed by atoms with E-state index in [4.69, 9.17) is 4.74 Å². The number of nitrogens with zero attached hydrogens (tertiary/aromatic N) is 2. The van der Waals surface area contributed by atoms with Gasteiger partial charge in [-0.3, -0.25) is 4.79 Å². The van der Waals surface area contributed by atoms with Crippen LogP contribution >= 0.6 is 0 Å². The average Bonchev–Trinajstić information content (AvgIpc) is 2.70. The van der Waals surface area contributed by atoms with Crippen molar-refractivity contribution in [1.29, 1.82) is 0 Å². The second-order valence-corrected chi connectivity index (χ2v) is 5.62. The van der Waals surface area contributed by atoms with Crippen LogP contribution in [-0.4, -0.2) is 28.5 Å². The molecule has 3 aromatic rings. The summed E-state index contributed by atoms with van der Waals surface area (Å²) in [6.45, 7) is 2.04. The largest absolute Gasteiger partial charge is 0.462 e. The Labute approximate surface area is 160 Å². The second kappa shape index (κ2) is 8.72. The van der Waals surface area contributed by atoms with Gasteiger partial charge in [0.1, 0.15) is 11.5 Å². The number of benzene rings is 2. The Morgan fingerprint density at radius 3 is 2.54 bits per heavy atom. The minimum Gasteiger partial charge on any atom is -0.462 e. The van der Waals surface area contributed by atoms with Crippen LogP contribution in [0.25, 0.3) is 0 Å². The van der Waals surface area contributed by atoms with Crippen LogP contribution in [0, 0.1) is 5.82 Å². The van der Waals surface area contributed by atoms with Crippen molar-refractivity contribution in [1.82, 2.24) is 9.97 Å². The zero-order valence-electron chi connectivity index (χ0n) is 15.0. The first kappa shape index (κ1) is 19.0. The van der Waals surface area contributed by atoms with Crippen molar-refractivity contribution < 1.29 is 18.7 Å². The summed E-state index contributed by atoms with van der Waals surface area (Å²) in [7, 11) is 0. The molecule has 1 amide bonds. The summed E-state index contributed by atoms with van der Waals surface area (Å²) in [5, 5.41) is 5.41. The molecule has 2 aromatic carbocycles. The molecule has 8 heteroatoms. The van der Waals surface area contributed by atoms with Crippen LogP contribution < -0.4 is 10.6 Å². The van der Waals surface area contributed by atoms with Gasteiger partial charge in [0.05, 0.1) is 17.9 Å². The van der Waals surface area contributed by atoms with Crippen LogP contribution in [0.15, 0.2) is 60.8 Å².